The van der Waals surface area contributed by atoms with E-state index in [1.165, 1.54) is 11.1 Å². The first kappa shape index (κ1) is 28.4. The molecule has 0 radical (unpaired) electrons. The van der Waals surface area contributed by atoms with Gasteiger partial charge in [0, 0.05) is 19.3 Å². The Labute approximate surface area is 216 Å². The third-order valence-corrected chi connectivity index (χ3v) is 9.21. The number of aliphatic hydroxyl groups is 1. The maximum Gasteiger partial charge on any atom is 0.240 e. The van der Waals surface area contributed by atoms with E-state index in [-0.39, 0.29) is 17.9 Å². The number of carbonyl (C=O) groups is 1. The monoisotopic (exact) mass is 506 g/mol. The second-order valence-corrected chi connectivity index (χ2v) is 12.4. The first-order valence-electron chi connectivity index (χ1n) is 13.0. The quantitative estimate of drug-likeness (QED) is 0.210. The molecule has 3 aliphatic rings. The van der Waals surface area contributed by atoms with Gasteiger partial charge in [-0.15, -0.1) is 0 Å². The molecule has 1 amide bonds. The van der Waals surface area contributed by atoms with E-state index >= 15 is 0 Å². The van der Waals surface area contributed by atoms with Crippen LogP contribution in [0.5, 0.6) is 0 Å². The number of thioether (sulfide) groups is 1. The molecule has 35 heavy (non-hydrogen) atoms. The van der Waals surface area contributed by atoms with E-state index in [4.69, 9.17) is 9.47 Å². The number of methoxy groups -OCH3 is 1. The van der Waals surface area contributed by atoms with Crippen molar-refractivity contribution in [3.05, 3.63) is 23.3 Å². The van der Waals surface area contributed by atoms with Gasteiger partial charge < -0.3 is 14.6 Å². The smallest absolute Gasteiger partial charge is 0.240 e. The number of carbonyl (C=O) groups excluding carboxylic acids is 1. The average molecular weight is 507 g/mol. The Morgan fingerprint density at radius 1 is 1.31 bits per heavy atom. The van der Waals surface area contributed by atoms with Gasteiger partial charge in [-0.25, -0.2) is 5.43 Å². The van der Waals surface area contributed by atoms with Gasteiger partial charge in [0.2, 0.25) is 5.91 Å². The SMILES string of the molecule is COC12CC1(C1(C)OC1CC=C(C)C)C(O)(CSC)CC/C2=N\NC(=O)CC(C)CCC=C(C)C. The molecule has 0 aromatic rings. The Morgan fingerprint density at radius 2 is 2.00 bits per heavy atom. The second kappa shape index (κ2) is 10.7. The summed E-state index contributed by atoms with van der Waals surface area (Å²) < 4.78 is 12.5. The van der Waals surface area contributed by atoms with Gasteiger partial charge in [0.1, 0.15) is 11.2 Å². The number of nitrogens with one attached hydrogen (secondary N) is 1. The van der Waals surface area contributed by atoms with Gasteiger partial charge in [0.25, 0.3) is 0 Å². The number of nitrogens with zero attached hydrogens (tertiary/aromatic N) is 1. The molecule has 6 atom stereocenters. The fraction of sp³-hybridized carbons (Fsp3) is 0.786. The van der Waals surface area contributed by atoms with E-state index in [1.807, 2.05) is 6.26 Å². The lowest BCUT2D eigenvalue weighted by molar-refractivity contribution is -0.122. The van der Waals surface area contributed by atoms with Crippen LogP contribution >= 0.6 is 11.8 Å². The molecule has 3 rings (SSSR count). The molecular weight excluding hydrogens is 460 g/mol. The number of rotatable bonds is 12. The maximum atomic E-state index is 12.7. The van der Waals surface area contributed by atoms with Crippen molar-refractivity contribution in [3.63, 3.8) is 0 Å². The van der Waals surface area contributed by atoms with Gasteiger partial charge in [-0.3, -0.25) is 4.79 Å². The first-order valence-corrected chi connectivity index (χ1v) is 14.4. The normalized spacial score (nSPS) is 37.3. The predicted octanol–water partition coefficient (Wildman–Crippen LogP) is 5.41. The second-order valence-electron chi connectivity index (χ2n) is 11.6. The number of ether oxygens (including phenoxy) is 2. The van der Waals surface area contributed by atoms with E-state index in [2.05, 4.69) is 64.2 Å². The Balaban J connectivity index is 1.78. The lowest BCUT2D eigenvalue weighted by atomic mass is 9.65. The lowest BCUT2D eigenvalue weighted by Gasteiger charge is -2.46. The zero-order chi connectivity index (χ0) is 26.1. The number of epoxide rings is 1. The van der Waals surface area contributed by atoms with Gasteiger partial charge in [0.15, 0.2) is 0 Å². The van der Waals surface area contributed by atoms with Gasteiger partial charge in [-0.05, 0) is 85.3 Å². The van der Waals surface area contributed by atoms with Crippen LogP contribution in [-0.4, -0.2) is 58.8 Å². The van der Waals surface area contributed by atoms with Gasteiger partial charge >= 0.3 is 0 Å². The number of fused-ring (bicyclic) bond motifs is 1. The molecule has 6 unspecified atom stereocenters. The molecule has 6 nitrogen and oxygen atoms in total. The van der Waals surface area contributed by atoms with Crippen LogP contribution in [0.1, 0.15) is 86.5 Å². The number of amides is 1. The minimum Gasteiger partial charge on any atom is -0.388 e. The van der Waals surface area contributed by atoms with Gasteiger partial charge in [0.05, 0.1) is 22.8 Å². The molecule has 0 aromatic heterocycles. The third-order valence-electron chi connectivity index (χ3n) is 8.44. The molecule has 1 saturated heterocycles. The molecule has 7 heteroatoms. The van der Waals surface area contributed by atoms with Crippen molar-refractivity contribution in [2.45, 2.75) is 109 Å². The highest BCUT2D eigenvalue weighted by Gasteiger charge is 2.91. The van der Waals surface area contributed by atoms with Crippen LogP contribution in [-0.2, 0) is 14.3 Å². The summed E-state index contributed by atoms with van der Waals surface area (Å²) in [6, 6.07) is 0. The Morgan fingerprint density at radius 3 is 2.60 bits per heavy atom. The summed E-state index contributed by atoms with van der Waals surface area (Å²) in [6.07, 6.45) is 11.6. The van der Waals surface area contributed by atoms with E-state index < -0.39 is 22.2 Å². The topological polar surface area (TPSA) is 83.4 Å². The summed E-state index contributed by atoms with van der Waals surface area (Å²) in [5.41, 5.74) is 3.50. The van der Waals surface area contributed by atoms with Crippen LogP contribution in [0.3, 0.4) is 0 Å². The largest absolute Gasteiger partial charge is 0.388 e. The average Bonchev–Trinajstić information content (AvgIpc) is 3.66. The van der Waals surface area contributed by atoms with E-state index in [0.29, 0.717) is 31.4 Å². The van der Waals surface area contributed by atoms with Crippen molar-refractivity contribution >= 4 is 23.4 Å². The Bertz CT molecular complexity index is 893. The van der Waals surface area contributed by atoms with Crippen LogP contribution in [0, 0.1) is 11.3 Å². The summed E-state index contributed by atoms with van der Waals surface area (Å²) in [5.74, 6) is 0.838. The molecule has 1 heterocycles. The number of hydrogen-bond acceptors (Lipinski definition) is 6. The minimum absolute atomic E-state index is 0.0402. The van der Waals surface area contributed by atoms with Crippen molar-refractivity contribution in [2.24, 2.45) is 16.4 Å². The molecule has 2 N–H and O–H groups in total. The molecule has 0 spiro atoms. The van der Waals surface area contributed by atoms with Crippen LogP contribution in [0.25, 0.3) is 0 Å². The van der Waals surface area contributed by atoms with Crippen LogP contribution < -0.4 is 5.43 Å². The number of allylic oxidation sites excluding steroid dienone is 3. The summed E-state index contributed by atoms with van der Waals surface area (Å²) in [7, 11) is 1.70. The van der Waals surface area contributed by atoms with Crippen LogP contribution in [0.15, 0.2) is 28.4 Å². The molecule has 198 valence electrons. The van der Waals surface area contributed by atoms with Crippen molar-refractivity contribution in [1.82, 2.24) is 5.43 Å². The minimum atomic E-state index is -0.917. The zero-order valence-corrected chi connectivity index (χ0v) is 23.8. The molecular formula is C28H46N2O4S. The third kappa shape index (κ3) is 5.16. The predicted molar refractivity (Wildman–Crippen MR) is 145 cm³/mol. The molecule has 1 aliphatic heterocycles. The summed E-state index contributed by atoms with van der Waals surface area (Å²) in [4.78, 5) is 12.7. The van der Waals surface area contributed by atoms with Gasteiger partial charge in [-0.2, -0.15) is 16.9 Å². The van der Waals surface area contributed by atoms with Crippen molar-refractivity contribution in [3.8, 4) is 0 Å². The number of hydrazone groups is 1. The van der Waals surface area contributed by atoms with E-state index in [0.717, 1.165) is 25.0 Å². The molecule has 3 fully saturated rings. The molecule has 2 saturated carbocycles. The summed E-state index contributed by atoms with van der Waals surface area (Å²) in [5, 5.41) is 16.6. The Kier molecular flexibility index (Phi) is 8.68. The highest BCUT2D eigenvalue weighted by molar-refractivity contribution is 7.98. The van der Waals surface area contributed by atoms with Gasteiger partial charge in [-0.1, -0.05) is 30.2 Å². The van der Waals surface area contributed by atoms with E-state index in [9.17, 15) is 9.90 Å². The van der Waals surface area contributed by atoms with Crippen molar-refractivity contribution < 1.29 is 19.4 Å². The highest BCUT2D eigenvalue weighted by atomic mass is 32.2. The standard InChI is InChI=1S/C28H46N2O4S/c1-19(2)10-9-11-21(5)16-24(31)30-29-22-14-15-26(32,18-35-8)28(17-27(22,28)33-7)25(6)23(34-25)13-12-20(3)4/h10,12,21,23,32H,9,11,13-18H2,1-8H3,(H,30,31)/b29-22+. The number of hydrogen-bond donors (Lipinski definition) is 2. The van der Waals surface area contributed by atoms with Crippen LogP contribution in [0.2, 0.25) is 0 Å². The van der Waals surface area contributed by atoms with Crippen molar-refractivity contribution in [2.75, 3.05) is 19.1 Å². The van der Waals surface area contributed by atoms with Crippen molar-refractivity contribution in [1.29, 1.82) is 0 Å². The fourth-order valence-electron chi connectivity index (χ4n) is 6.44. The Hall–Kier alpha value is -1.15. The fourth-order valence-corrected chi connectivity index (χ4v) is 7.31. The summed E-state index contributed by atoms with van der Waals surface area (Å²) in [6.45, 7) is 12.6. The highest BCUT2D eigenvalue weighted by Crippen LogP contribution is 2.79. The summed E-state index contributed by atoms with van der Waals surface area (Å²) >= 11 is 1.66. The molecule has 0 bridgehead atoms. The lowest BCUT2D eigenvalue weighted by Crippen LogP contribution is -2.60. The zero-order valence-electron chi connectivity index (χ0n) is 23.0. The first-order chi connectivity index (χ1) is 16.4. The molecule has 2 aliphatic carbocycles. The molecule has 0 aromatic carbocycles. The maximum absolute atomic E-state index is 12.7. The van der Waals surface area contributed by atoms with E-state index in [1.54, 1.807) is 18.9 Å². The van der Waals surface area contributed by atoms with Crippen LogP contribution in [0.4, 0.5) is 0 Å².